The third kappa shape index (κ3) is 2.41. The molecule has 0 aliphatic carbocycles. The molecule has 0 aliphatic heterocycles. The molecule has 0 radical (unpaired) electrons. The average molecular weight is 244 g/mol. The fourth-order valence-electron chi connectivity index (χ4n) is 1.20. The lowest BCUT2D eigenvalue weighted by Gasteiger charge is -2.04. The van der Waals surface area contributed by atoms with Crippen molar-refractivity contribution in [1.82, 2.24) is 19.9 Å². The van der Waals surface area contributed by atoms with Gasteiger partial charge in [0.25, 0.3) is 0 Å². The summed E-state index contributed by atoms with van der Waals surface area (Å²) in [6.45, 7) is -0.274. The Labute approximate surface area is 93.4 Å². The highest BCUT2D eigenvalue weighted by atomic mass is 19.4. The Kier molecular flexibility index (Phi) is 2.80. The molecule has 0 saturated heterocycles. The first-order valence-electron chi connectivity index (χ1n) is 4.56. The maximum Gasteiger partial charge on any atom is 0.451 e. The van der Waals surface area contributed by atoms with Crippen molar-refractivity contribution in [3.8, 4) is 11.5 Å². The van der Waals surface area contributed by atoms with E-state index in [0.29, 0.717) is 5.69 Å². The second-order valence-corrected chi connectivity index (χ2v) is 3.18. The van der Waals surface area contributed by atoms with E-state index in [2.05, 4.69) is 19.9 Å². The van der Waals surface area contributed by atoms with E-state index < -0.39 is 12.0 Å². The van der Waals surface area contributed by atoms with Gasteiger partial charge in [-0.1, -0.05) is 0 Å². The van der Waals surface area contributed by atoms with E-state index in [0.717, 1.165) is 6.20 Å². The zero-order valence-corrected chi connectivity index (χ0v) is 8.36. The Morgan fingerprint density at radius 1 is 1.29 bits per heavy atom. The summed E-state index contributed by atoms with van der Waals surface area (Å²) in [4.78, 5) is 12.9. The van der Waals surface area contributed by atoms with Crippen LogP contribution in [0.25, 0.3) is 11.5 Å². The van der Waals surface area contributed by atoms with E-state index in [9.17, 15) is 13.2 Å². The molecular formula is C9H7F3N4O. The Hall–Kier alpha value is -1.96. The predicted molar refractivity (Wildman–Crippen MR) is 50.5 cm³/mol. The van der Waals surface area contributed by atoms with Crippen LogP contribution in [0.5, 0.6) is 0 Å². The van der Waals surface area contributed by atoms with Gasteiger partial charge in [0.15, 0.2) is 5.82 Å². The summed E-state index contributed by atoms with van der Waals surface area (Å²) in [5.74, 6) is -1.07. The lowest BCUT2D eigenvalue weighted by Crippen LogP contribution is -2.11. The zero-order chi connectivity index (χ0) is 12.5. The van der Waals surface area contributed by atoms with Crippen LogP contribution in [0.3, 0.4) is 0 Å². The SMILES string of the molecule is OCc1cnc(-c2ccnc(C(F)(F)F)n2)[nH]1. The molecule has 0 amide bonds. The Morgan fingerprint density at radius 3 is 2.65 bits per heavy atom. The molecule has 0 atom stereocenters. The molecule has 0 saturated carbocycles. The minimum Gasteiger partial charge on any atom is -0.390 e. The van der Waals surface area contributed by atoms with Gasteiger partial charge in [-0.05, 0) is 6.07 Å². The predicted octanol–water partition coefficient (Wildman–Crippen LogP) is 1.38. The summed E-state index contributed by atoms with van der Waals surface area (Å²) < 4.78 is 37.1. The summed E-state index contributed by atoms with van der Waals surface area (Å²) in [5.41, 5.74) is 0.416. The van der Waals surface area contributed by atoms with Crippen molar-refractivity contribution >= 4 is 0 Å². The number of alkyl halides is 3. The first kappa shape index (κ1) is 11.5. The molecule has 0 bridgehead atoms. The third-order valence-electron chi connectivity index (χ3n) is 1.95. The van der Waals surface area contributed by atoms with Gasteiger partial charge in [-0.15, -0.1) is 0 Å². The standard InChI is InChI=1S/C9H7F3N4O/c10-9(11,12)8-13-2-1-6(16-8)7-14-3-5(4-17)15-7/h1-3,17H,4H2,(H,14,15). The van der Waals surface area contributed by atoms with Gasteiger partial charge in [-0.2, -0.15) is 13.2 Å². The van der Waals surface area contributed by atoms with Gasteiger partial charge in [0.1, 0.15) is 5.69 Å². The number of imidazole rings is 1. The van der Waals surface area contributed by atoms with Crippen molar-refractivity contribution in [2.45, 2.75) is 12.8 Å². The molecule has 5 nitrogen and oxygen atoms in total. The Morgan fingerprint density at radius 2 is 2.06 bits per heavy atom. The summed E-state index contributed by atoms with van der Waals surface area (Å²) in [5, 5.41) is 8.80. The molecular weight excluding hydrogens is 237 g/mol. The molecule has 0 fully saturated rings. The minimum absolute atomic E-state index is 0.0204. The fourth-order valence-corrected chi connectivity index (χ4v) is 1.20. The summed E-state index contributed by atoms with van der Waals surface area (Å²) in [6, 6.07) is 1.30. The molecule has 2 heterocycles. The van der Waals surface area contributed by atoms with E-state index in [1.165, 1.54) is 12.3 Å². The topological polar surface area (TPSA) is 74.7 Å². The summed E-state index contributed by atoms with van der Waals surface area (Å²) >= 11 is 0. The largest absolute Gasteiger partial charge is 0.451 e. The highest BCUT2D eigenvalue weighted by molar-refractivity contribution is 5.48. The monoisotopic (exact) mass is 244 g/mol. The Bertz CT molecular complexity index is 523. The first-order valence-corrected chi connectivity index (χ1v) is 4.56. The number of aromatic amines is 1. The van der Waals surface area contributed by atoms with Crippen molar-refractivity contribution in [2.24, 2.45) is 0 Å². The summed E-state index contributed by atoms with van der Waals surface area (Å²) in [7, 11) is 0. The molecule has 2 N–H and O–H groups in total. The summed E-state index contributed by atoms with van der Waals surface area (Å²) in [6.07, 6.45) is -2.26. The van der Waals surface area contributed by atoms with E-state index in [-0.39, 0.29) is 18.1 Å². The zero-order valence-electron chi connectivity index (χ0n) is 8.36. The number of hydrogen-bond donors (Lipinski definition) is 2. The van der Waals surface area contributed by atoms with E-state index >= 15 is 0 Å². The second-order valence-electron chi connectivity index (χ2n) is 3.18. The van der Waals surface area contributed by atoms with Crippen LogP contribution in [0.2, 0.25) is 0 Å². The van der Waals surface area contributed by atoms with Crippen LogP contribution in [0.1, 0.15) is 11.5 Å². The first-order chi connectivity index (χ1) is 8.00. The number of aliphatic hydroxyl groups excluding tert-OH is 1. The lowest BCUT2D eigenvalue weighted by molar-refractivity contribution is -0.144. The van der Waals surface area contributed by atoms with E-state index in [1.807, 2.05) is 0 Å². The molecule has 8 heteroatoms. The van der Waals surface area contributed by atoms with Gasteiger partial charge in [-0.25, -0.2) is 15.0 Å². The second kappa shape index (κ2) is 4.13. The van der Waals surface area contributed by atoms with Gasteiger partial charge < -0.3 is 10.1 Å². The molecule has 0 unspecified atom stereocenters. The highest BCUT2D eigenvalue weighted by Crippen LogP contribution is 2.26. The van der Waals surface area contributed by atoms with Gasteiger partial charge >= 0.3 is 6.18 Å². The van der Waals surface area contributed by atoms with Crippen molar-refractivity contribution in [2.75, 3.05) is 0 Å². The minimum atomic E-state index is -4.59. The number of rotatable bonds is 2. The van der Waals surface area contributed by atoms with Crippen molar-refractivity contribution in [1.29, 1.82) is 0 Å². The lowest BCUT2D eigenvalue weighted by atomic mass is 10.4. The quantitative estimate of drug-likeness (QED) is 0.836. The van der Waals surface area contributed by atoms with Crippen LogP contribution in [0, 0.1) is 0 Å². The van der Waals surface area contributed by atoms with E-state index in [4.69, 9.17) is 5.11 Å². The number of aliphatic hydroxyl groups is 1. The maximum atomic E-state index is 12.4. The smallest absolute Gasteiger partial charge is 0.390 e. The fraction of sp³-hybridized carbons (Fsp3) is 0.222. The van der Waals surface area contributed by atoms with Gasteiger partial charge in [0.05, 0.1) is 18.5 Å². The number of nitrogens with zero attached hydrogens (tertiary/aromatic N) is 3. The molecule has 2 aromatic heterocycles. The molecule has 2 rings (SSSR count). The van der Waals surface area contributed by atoms with Crippen molar-refractivity contribution < 1.29 is 18.3 Å². The number of nitrogens with one attached hydrogen (secondary N) is 1. The average Bonchev–Trinajstić information content (AvgIpc) is 2.76. The van der Waals surface area contributed by atoms with Crippen molar-refractivity contribution in [3.63, 3.8) is 0 Å². The number of halogens is 3. The third-order valence-corrected chi connectivity index (χ3v) is 1.95. The van der Waals surface area contributed by atoms with Crippen LogP contribution in [0.4, 0.5) is 13.2 Å². The van der Waals surface area contributed by atoms with Gasteiger partial charge in [-0.3, -0.25) is 0 Å². The van der Waals surface area contributed by atoms with Crippen LogP contribution >= 0.6 is 0 Å². The van der Waals surface area contributed by atoms with Crippen LogP contribution < -0.4 is 0 Å². The van der Waals surface area contributed by atoms with E-state index in [1.54, 1.807) is 0 Å². The van der Waals surface area contributed by atoms with Crippen molar-refractivity contribution in [3.05, 3.63) is 30.0 Å². The van der Waals surface area contributed by atoms with Crippen LogP contribution in [0.15, 0.2) is 18.5 Å². The van der Waals surface area contributed by atoms with Crippen LogP contribution in [-0.2, 0) is 12.8 Å². The van der Waals surface area contributed by atoms with Crippen LogP contribution in [-0.4, -0.2) is 25.0 Å². The van der Waals surface area contributed by atoms with Gasteiger partial charge in [0.2, 0.25) is 5.82 Å². The van der Waals surface area contributed by atoms with Gasteiger partial charge in [0, 0.05) is 6.20 Å². The Balaban J connectivity index is 2.39. The number of H-pyrrole nitrogens is 1. The molecule has 0 aromatic carbocycles. The molecule has 0 spiro atoms. The molecule has 2 aromatic rings. The molecule has 17 heavy (non-hydrogen) atoms. The molecule has 0 aliphatic rings. The maximum absolute atomic E-state index is 12.4. The normalized spacial score (nSPS) is 11.8. The number of hydrogen-bond acceptors (Lipinski definition) is 4. The number of aromatic nitrogens is 4. The molecule has 90 valence electrons. The highest BCUT2D eigenvalue weighted by Gasteiger charge is 2.34.